The third kappa shape index (κ3) is 2.77. The van der Waals surface area contributed by atoms with Crippen LogP contribution in [-0.2, 0) is 17.8 Å². The normalized spacial score (nSPS) is 13.3. The standard InChI is InChI=1S/C15H15N5O/c16-9-8-14(21)17-12-6-4-11(5-7-12)15-19-18-13-3-1-2-10-20(13)15/h4-7H,1-3,8,10H2,(H,17,21). The predicted octanol–water partition coefficient (Wildman–Crippen LogP) is 2.13. The Hall–Kier alpha value is -2.68. The van der Waals surface area contributed by atoms with Crippen LogP contribution in [0.25, 0.3) is 11.4 Å². The highest BCUT2D eigenvalue weighted by atomic mass is 16.1. The molecule has 0 aliphatic carbocycles. The molecule has 1 N–H and O–H groups in total. The van der Waals surface area contributed by atoms with Gasteiger partial charge in [0, 0.05) is 24.2 Å². The Morgan fingerprint density at radius 3 is 2.86 bits per heavy atom. The molecule has 21 heavy (non-hydrogen) atoms. The second kappa shape index (κ2) is 5.75. The maximum atomic E-state index is 11.4. The molecule has 1 aliphatic heterocycles. The molecule has 0 spiro atoms. The number of nitrogens with one attached hydrogen (secondary N) is 1. The maximum absolute atomic E-state index is 11.4. The average Bonchev–Trinajstić information content (AvgIpc) is 2.92. The van der Waals surface area contributed by atoms with Gasteiger partial charge in [0.15, 0.2) is 5.82 Å². The Kier molecular flexibility index (Phi) is 3.65. The highest BCUT2D eigenvalue weighted by Gasteiger charge is 2.16. The number of carbonyl (C=O) groups excluding carboxylic acids is 1. The fourth-order valence-corrected chi connectivity index (χ4v) is 2.50. The molecule has 2 heterocycles. The van der Waals surface area contributed by atoms with Gasteiger partial charge in [-0.1, -0.05) is 0 Å². The molecule has 1 aromatic carbocycles. The number of amides is 1. The first-order valence-corrected chi connectivity index (χ1v) is 6.97. The van der Waals surface area contributed by atoms with Crippen LogP contribution in [0.5, 0.6) is 0 Å². The van der Waals surface area contributed by atoms with Crippen LogP contribution in [0.15, 0.2) is 24.3 Å². The number of carbonyl (C=O) groups is 1. The molecule has 6 nitrogen and oxygen atoms in total. The van der Waals surface area contributed by atoms with Crippen LogP contribution < -0.4 is 5.32 Å². The van der Waals surface area contributed by atoms with Crippen molar-refractivity contribution in [1.29, 1.82) is 5.26 Å². The summed E-state index contributed by atoms with van der Waals surface area (Å²) in [4.78, 5) is 11.4. The first kappa shape index (κ1) is 13.3. The van der Waals surface area contributed by atoms with E-state index in [2.05, 4.69) is 20.1 Å². The van der Waals surface area contributed by atoms with Crippen molar-refractivity contribution in [3.8, 4) is 17.5 Å². The fraction of sp³-hybridized carbons (Fsp3) is 0.333. The minimum atomic E-state index is -0.301. The number of benzene rings is 1. The molecule has 106 valence electrons. The van der Waals surface area contributed by atoms with E-state index in [9.17, 15) is 4.79 Å². The van der Waals surface area contributed by atoms with Crippen molar-refractivity contribution >= 4 is 11.6 Å². The zero-order valence-electron chi connectivity index (χ0n) is 11.5. The van der Waals surface area contributed by atoms with Gasteiger partial charge in [-0.15, -0.1) is 10.2 Å². The van der Waals surface area contributed by atoms with Crippen LogP contribution in [0.2, 0.25) is 0 Å². The number of anilines is 1. The molecule has 3 rings (SSSR count). The topological polar surface area (TPSA) is 83.6 Å². The number of fused-ring (bicyclic) bond motifs is 1. The SMILES string of the molecule is N#CCC(=O)Nc1ccc(-c2nnc3n2CCCC3)cc1. The first-order chi connectivity index (χ1) is 10.3. The van der Waals surface area contributed by atoms with Gasteiger partial charge in [0.2, 0.25) is 5.91 Å². The summed E-state index contributed by atoms with van der Waals surface area (Å²) in [6.45, 7) is 0.957. The largest absolute Gasteiger partial charge is 0.325 e. The lowest BCUT2D eigenvalue weighted by atomic mass is 10.1. The Balaban J connectivity index is 1.80. The molecule has 0 fully saturated rings. The molecule has 0 bridgehead atoms. The van der Waals surface area contributed by atoms with Gasteiger partial charge >= 0.3 is 0 Å². The van der Waals surface area contributed by atoms with Crippen molar-refractivity contribution in [3.05, 3.63) is 30.1 Å². The third-order valence-corrected chi connectivity index (χ3v) is 3.53. The van der Waals surface area contributed by atoms with Crippen molar-refractivity contribution < 1.29 is 4.79 Å². The summed E-state index contributed by atoms with van der Waals surface area (Å²) in [7, 11) is 0. The summed E-state index contributed by atoms with van der Waals surface area (Å²) < 4.78 is 2.16. The van der Waals surface area contributed by atoms with Gasteiger partial charge in [-0.2, -0.15) is 5.26 Å². The van der Waals surface area contributed by atoms with Crippen molar-refractivity contribution in [3.63, 3.8) is 0 Å². The Bertz CT molecular complexity index is 696. The molecule has 2 aromatic rings. The van der Waals surface area contributed by atoms with Gasteiger partial charge in [-0.25, -0.2) is 0 Å². The molecule has 1 amide bonds. The maximum Gasteiger partial charge on any atom is 0.238 e. The van der Waals surface area contributed by atoms with E-state index in [0.717, 1.165) is 36.6 Å². The van der Waals surface area contributed by atoms with Crippen LogP contribution in [0, 0.1) is 11.3 Å². The van der Waals surface area contributed by atoms with E-state index in [-0.39, 0.29) is 12.3 Å². The zero-order valence-corrected chi connectivity index (χ0v) is 11.5. The lowest BCUT2D eigenvalue weighted by molar-refractivity contribution is -0.115. The summed E-state index contributed by atoms with van der Waals surface area (Å²) in [6.07, 6.45) is 3.16. The molecule has 1 aromatic heterocycles. The predicted molar refractivity (Wildman–Crippen MR) is 77.3 cm³/mol. The van der Waals surface area contributed by atoms with Crippen LogP contribution in [0.1, 0.15) is 25.1 Å². The molecular formula is C15H15N5O. The lowest BCUT2D eigenvalue weighted by Crippen LogP contribution is -2.11. The number of hydrogen-bond acceptors (Lipinski definition) is 4. The molecule has 0 saturated heterocycles. The summed E-state index contributed by atoms with van der Waals surface area (Å²) in [5.74, 6) is 1.62. The minimum absolute atomic E-state index is 0.139. The molecule has 0 radical (unpaired) electrons. The van der Waals surface area contributed by atoms with E-state index >= 15 is 0 Å². The summed E-state index contributed by atoms with van der Waals surface area (Å²) in [6, 6.07) is 9.27. The number of rotatable bonds is 3. The molecule has 0 saturated carbocycles. The lowest BCUT2D eigenvalue weighted by Gasteiger charge is -2.14. The third-order valence-electron chi connectivity index (χ3n) is 3.53. The monoisotopic (exact) mass is 281 g/mol. The van der Waals surface area contributed by atoms with Gasteiger partial charge in [0.1, 0.15) is 12.2 Å². The molecule has 6 heteroatoms. The van der Waals surface area contributed by atoms with Crippen LogP contribution in [0.3, 0.4) is 0 Å². The van der Waals surface area contributed by atoms with E-state index in [1.807, 2.05) is 30.3 Å². The van der Waals surface area contributed by atoms with E-state index in [4.69, 9.17) is 5.26 Å². The minimum Gasteiger partial charge on any atom is -0.325 e. The van der Waals surface area contributed by atoms with Crippen LogP contribution >= 0.6 is 0 Å². The van der Waals surface area contributed by atoms with Gasteiger partial charge in [-0.3, -0.25) is 4.79 Å². The zero-order chi connectivity index (χ0) is 14.7. The highest BCUT2D eigenvalue weighted by Crippen LogP contribution is 2.24. The second-order valence-electron chi connectivity index (χ2n) is 5.01. The van der Waals surface area contributed by atoms with Crippen molar-refractivity contribution in [1.82, 2.24) is 14.8 Å². The number of nitriles is 1. The number of aryl methyl sites for hydroxylation is 1. The summed E-state index contributed by atoms with van der Waals surface area (Å²) in [5, 5.41) is 19.6. The average molecular weight is 281 g/mol. The van der Waals surface area contributed by atoms with E-state index < -0.39 is 0 Å². The quantitative estimate of drug-likeness (QED) is 0.934. The smallest absolute Gasteiger partial charge is 0.238 e. The van der Waals surface area contributed by atoms with Gasteiger partial charge < -0.3 is 9.88 Å². The number of nitrogens with zero attached hydrogens (tertiary/aromatic N) is 4. The summed E-state index contributed by atoms with van der Waals surface area (Å²) >= 11 is 0. The van der Waals surface area contributed by atoms with E-state index in [1.54, 1.807) is 0 Å². The Morgan fingerprint density at radius 2 is 2.10 bits per heavy atom. The summed E-state index contributed by atoms with van der Waals surface area (Å²) in [5.41, 5.74) is 1.66. The number of hydrogen-bond donors (Lipinski definition) is 1. The van der Waals surface area contributed by atoms with E-state index in [1.165, 1.54) is 6.42 Å². The van der Waals surface area contributed by atoms with Crippen molar-refractivity contribution in [2.24, 2.45) is 0 Å². The fourth-order valence-electron chi connectivity index (χ4n) is 2.50. The molecule has 0 atom stereocenters. The van der Waals surface area contributed by atoms with Gasteiger partial charge in [0.05, 0.1) is 6.07 Å². The number of aromatic nitrogens is 3. The molecule has 1 aliphatic rings. The van der Waals surface area contributed by atoms with Crippen molar-refractivity contribution in [2.75, 3.05) is 5.32 Å². The van der Waals surface area contributed by atoms with Gasteiger partial charge in [0.25, 0.3) is 0 Å². The first-order valence-electron chi connectivity index (χ1n) is 6.97. The van der Waals surface area contributed by atoms with Crippen molar-refractivity contribution in [2.45, 2.75) is 32.2 Å². The second-order valence-corrected chi connectivity index (χ2v) is 5.01. The molecule has 0 unspecified atom stereocenters. The Labute approximate surface area is 122 Å². The van der Waals surface area contributed by atoms with E-state index in [0.29, 0.717) is 5.69 Å². The van der Waals surface area contributed by atoms with Gasteiger partial charge in [-0.05, 0) is 37.1 Å². The van der Waals surface area contributed by atoms with Crippen LogP contribution in [0.4, 0.5) is 5.69 Å². The molecular weight excluding hydrogens is 266 g/mol. The van der Waals surface area contributed by atoms with Crippen LogP contribution in [-0.4, -0.2) is 20.7 Å². The Morgan fingerprint density at radius 1 is 1.29 bits per heavy atom. The highest BCUT2D eigenvalue weighted by molar-refractivity contribution is 5.92.